The van der Waals surface area contributed by atoms with E-state index in [2.05, 4.69) is 9.97 Å². The predicted molar refractivity (Wildman–Crippen MR) is 52.1 cm³/mol. The summed E-state index contributed by atoms with van der Waals surface area (Å²) in [6.45, 7) is 1.96. The molecule has 0 spiro atoms. The van der Waals surface area contributed by atoms with Gasteiger partial charge in [-0.05, 0) is 24.6 Å². The van der Waals surface area contributed by atoms with Crippen molar-refractivity contribution in [3.8, 4) is 0 Å². The van der Waals surface area contributed by atoms with Crippen LogP contribution in [0.2, 0.25) is 0 Å². The molecule has 2 N–H and O–H groups in total. The molecule has 3 heteroatoms. The molecule has 3 nitrogen and oxygen atoms in total. The van der Waals surface area contributed by atoms with Gasteiger partial charge in [-0.1, -0.05) is 6.07 Å². The van der Waals surface area contributed by atoms with Crippen molar-refractivity contribution >= 4 is 10.9 Å². The van der Waals surface area contributed by atoms with Crippen molar-refractivity contribution in [1.29, 1.82) is 0 Å². The Morgan fingerprint density at radius 1 is 1.38 bits per heavy atom. The summed E-state index contributed by atoms with van der Waals surface area (Å²) in [5.74, 6) is 0. The van der Waals surface area contributed by atoms with Crippen molar-refractivity contribution in [2.75, 3.05) is 0 Å². The van der Waals surface area contributed by atoms with Gasteiger partial charge in [0.2, 0.25) is 0 Å². The number of nitrogens with two attached hydrogens (primary N) is 1. The third-order valence-corrected chi connectivity index (χ3v) is 2.05. The zero-order valence-electron chi connectivity index (χ0n) is 7.44. The topological polar surface area (TPSA) is 51.8 Å². The molecule has 1 atom stereocenters. The Bertz CT molecular complexity index is 423. The van der Waals surface area contributed by atoms with E-state index in [-0.39, 0.29) is 6.04 Å². The number of hydrogen-bond donors (Lipinski definition) is 1. The molecule has 0 bridgehead atoms. The molecule has 0 saturated heterocycles. The predicted octanol–water partition coefficient (Wildman–Crippen LogP) is 1.65. The van der Waals surface area contributed by atoms with Gasteiger partial charge in [0.15, 0.2) is 0 Å². The standard InChI is InChI=1S/C10H11N3/c1-7(11)8-2-3-10-9(4-8)5-12-6-13-10/h2-7H,11H2,1H3/t7-/m0/s1. The van der Waals surface area contributed by atoms with Crippen LogP contribution in [0.1, 0.15) is 18.5 Å². The maximum Gasteiger partial charge on any atom is 0.116 e. The first kappa shape index (κ1) is 8.13. The molecule has 0 unspecified atom stereocenters. The van der Waals surface area contributed by atoms with E-state index >= 15 is 0 Å². The number of hydrogen-bond acceptors (Lipinski definition) is 3. The van der Waals surface area contributed by atoms with E-state index in [9.17, 15) is 0 Å². The smallest absolute Gasteiger partial charge is 0.116 e. The van der Waals surface area contributed by atoms with Crippen molar-refractivity contribution in [1.82, 2.24) is 9.97 Å². The minimum atomic E-state index is 0.0598. The largest absolute Gasteiger partial charge is 0.324 e. The molecule has 0 amide bonds. The molecule has 1 aromatic heterocycles. The number of nitrogens with zero attached hydrogens (tertiary/aromatic N) is 2. The van der Waals surface area contributed by atoms with Crippen LogP contribution in [0.15, 0.2) is 30.7 Å². The minimum Gasteiger partial charge on any atom is -0.324 e. The van der Waals surface area contributed by atoms with E-state index in [0.717, 1.165) is 16.5 Å². The Kier molecular flexibility index (Phi) is 1.94. The monoisotopic (exact) mass is 173 g/mol. The summed E-state index contributed by atoms with van der Waals surface area (Å²) in [5, 5.41) is 1.04. The zero-order chi connectivity index (χ0) is 9.26. The van der Waals surface area contributed by atoms with Crippen LogP contribution >= 0.6 is 0 Å². The lowest BCUT2D eigenvalue weighted by Crippen LogP contribution is -2.04. The van der Waals surface area contributed by atoms with E-state index < -0.39 is 0 Å². The molecular weight excluding hydrogens is 162 g/mol. The van der Waals surface area contributed by atoms with E-state index in [1.807, 2.05) is 25.1 Å². The lowest BCUT2D eigenvalue weighted by Gasteiger charge is -2.05. The molecule has 1 aromatic carbocycles. The summed E-state index contributed by atoms with van der Waals surface area (Å²) >= 11 is 0. The fourth-order valence-electron chi connectivity index (χ4n) is 1.29. The first-order valence-corrected chi connectivity index (χ1v) is 4.22. The van der Waals surface area contributed by atoms with Gasteiger partial charge in [0.25, 0.3) is 0 Å². The molecule has 0 radical (unpaired) electrons. The highest BCUT2D eigenvalue weighted by Crippen LogP contribution is 2.16. The van der Waals surface area contributed by atoms with Crippen LogP contribution in [0.5, 0.6) is 0 Å². The van der Waals surface area contributed by atoms with Crippen molar-refractivity contribution < 1.29 is 0 Å². The highest BCUT2D eigenvalue weighted by Gasteiger charge is 2.00. The van der Waals surface area contributed by atoms with Crippen LogP contribution in [-0.2, 0) is 0 Å². The highest BCUT2D eigenvalue weighted by molar-refractivity contribution is 5.78. The summed E-state index contributed by atoms with van der Waals surface area (Å²) < 4.78 is 0. The van der Waals surface area contributed by atoms with Gasteiger partial charge in [-0.25, -0.2) is 9.97 Å². The number of aromatic nitrogens is 2. The Labute approximate surface area is 76.6 Å². The highest BCUT2D eigenvalue weighted by atomic mass is 14.8. The van der Waals surface area contributed by atoms with Crippen LogP contribution in [0.3, 0.4) is 0 Å². The molecule has 1 heterocycles. The lowest BCUT2D eigenvalue weighted by molar-refractivity contribution is 0.819. The van der Waals surface area contributed by atoms with E-state index in [1.165, 1.54) is 0 Å². The molecule has 0 saturated carbocycles. The molecule has 0 aliphatic carbocycles. The second kappa shape index (κ2) is 3.11. The van der Waals surface area contributed by atoms with Gasteiger partial charge < -0.3 is 5.73 Å². The second-order valence-corrected chi connectivity index (χ2v) is 3.13. The van der Waals surface area contributed by atoms with E-state index in [1.54, 1.807) is 12.5 Å². The Balaban J connectivity index is 2.62. The first-order valence-electron chi connectivity index (χ1n) is 4.22. The van der Waals surface area contributed by atoms with Crippen molar-refractivity contribution in [2.45, 2.75) is 13.0 Å². The van der Waals surface area contributed by atoms with Crippen LogP contribution in [0, 0.1) is 0 Å². The minimum absolute atomic E-state index is 0.0598. The average Bonchev–Trinajstić information content (AvgIpc) is 2.17. The quantitative estimate of drug-likeness (QED) is 0.713. The fraction of sp³-hybridized carbons (Fsp3) is 0.200. The van der Waals surface area contributed by atoms with Gasteiger partial charge in [-0.2, -0.15) is 0 Å². The molecule has 13 heavy (non-hydrogen) atoms. The third kappa shape index (κ3) is 1.51. The molecule has 0 fully saturated rings. The average molecular weight is 173 g/mol. The van der Waals surface area contributed by atoms with Crippen LogP contribution in [0.25, 0.3) is 10.9 Å². The van der Waals surface area contributed by atoms with Gasteiger partial charge >= 0.3 is 0 Å². The first-order chi connectivity index (χ1) is 6.27. The molecule has 0 aliphatic rings. The Morgan fingerprint density at radius 3 is 3.00 bits per heavy atom. The fourth-order valence-corrected chi connectivity index (χ4v) is 1.29. The van der Waals surface area contributed by atoms with E-state index in [4.69, 9.17) is 5.73 Å². The van der Waals surface area contributed by atoms with E-state index in [0.29, 0.717) is 0 Å². The normalized spacial score (nSPS) is 13.1. The lowest BCUT2D eigenvalue weighted by atomic mass is 10.1. The van der Waals surface area contributed by atoms with Crippen LogP contribution in [0.4, 0.5) is 0 Å². The van der Waals surface area contributed by atoms with Gasteiger partial charge in [-0.3, -0.25) is 0 Å². The van der Waals surface area contributed by atoms with Gasteiger partial charge in [0.1, 0.15) is 6.33 Å². The molecule has 2 aromatic rings. The summed E-state index contributed by atoms with van der Waals surface area (Å²) in [5.41, 5.74) is 7.83. The number of fused-ring (bicyclic) bond motifs is 1. The van der Waals surface area contributed by atoms with Crippen molar-refractivity contribution in [3.63, 3.8) is 0 Å². The Morgan fingerprint density at radius 2 is 2.23 bits per heavy atom. The number of benzene rings is 1. The maximum atomic E-state index is 5.76. The van der Waals surface area contributed by atoms with Gasteiger partial charge in [0.05, 0.1) is 5.52 Å². The summed E-state index contributed by atoms with van der Waals surface area (Å²) in [4.78, 5) is 8.09. The third-order valence-electron chi connectivity index (χ3n) is 2.05. The Hall–Kier alpha value is -1.48. The summed E-state index contributed by atoms with van der Waals surface area (Å²) in [6.07, 6.45) is 3.35. The van der Waals surface area contributed by atoms with Crippen LogP contribution < -0.4 is 5.73 Å². The second-order valence-electron chi connectivity index (χ2n) is 3.13. The van der Waals surface area contributed by atoms with Gasteiger partial charge in [-0.15, -0.1) is 0 Å². The SMILES string of the molecule is C[C@H](N)c1ccc2ncncc2c1. The zero-order valence-corrected chi connectivity index (χ0v) is 7.44. The molecule has 66 valence electrons. The summed E-state index contributed by atoms with van der Waals surface area (Å²) in [6, 6.07) is 6.06. The summed E-state index contributed by atoms with van der Waals surface area (Å²) in [7, 11) is 0. The van der Waals surface area contributed by atoms with Gasteiger partial charge in [0, 0.05) is 17.6 Å². The maximum absolute atomic E-state index is 5.76. The molecule has 2 rings (SSSR count). The van der Waals surface area contributed by atoms with Crippen molar-refractivity contribution in [3.05, 3.63) is 36.3 Å². The molecule has 0 aliphatic heterocycles. The number of rotatable bonds is 1. The van der Waals surface area contributed by atoms with Crippen LogP contribution in [-0.4, -0.2) is 9.97 Å². The van der Waals surface area contributed by atoms with Crippen molar-refractivity contribution in [2.24, 2.45) is 5.73 Å². The molecular formula is C10H11N3.